The molecule has 3 aromatic rings. The molecule has 0 aliphatic heterocycles. The first-order valence-electron chi connectivity index (χ1n) is 9.41. The minimum absolute atomic E-state index is 0.0622. The van der Waals surface area contributed by atoms with Crippen LogP contribution in [0.2, 0.25) is 0 Å². The van der Waals surface area contributed by atoms with Gasteiger partial charge in [0.05, 0.1) is 23.2 Å². The van der Waals surface area contributed by atoms with Gasteiger partial charge in [0.2, 0.25) is 0 Å². The zero-order valence-electron chi connectivity index (χ0n) is 16.7. The molecule has 0 aliphatic carbocycles. The number of aromatic amines is 1. The fraction of sp³-hybridized carbons (Fsp3) is 0.333. The summed E-state index contributed by atoms with van der Waals surface area (Å²) < 4.78 is 13.5. The van der Waals surface area contributed by atoms with Gasteiger partial charge in [0.25, 0.3) is 5.91 Å². The molecule has 0 radical (unpaired) electrons. The van der Waals surface area contributed by atoms with Crippen molar-refractivity contribution in [3.8, 4) is 11.3 Å². The SMILES string of the molecule is CNCCC(NC(=O)c1ccc(-c2ccc(F)c(C)c2)[nH]1)c1nc(C)c(CO)s1. The molecule has 0 saturated carbocycles. The Kier molecular flexibility index (Phi) is 6.79. The van der Waals surface area contributed by atoms with Crippen LogP contribution >= 0.6 is 11.3 Å². The third-order valence-electron chi connectivity index (χ3n) is 4.74. The molecular weight excluding hydrogens is 391 g/mol. The molecule has 3 rings (SSSR count). The van der Waals surface area contributed by atoms with Crippen molar-refractivity contribution < 1.29 is 14.3 Å². The molecule has 154 valence electrons. The smallest absolute Gasteiger partial charge is 0.268 e. The van der Waals surface area contributed by atoms with E-state index in [0.29, 0.717) is 24.2 Å². The van der Waals surface area contributed by atoms with E-state index in [9.17, 15) is 14.3 Å². The van der Waals surface area contributed by atoms with Gasteiger partial charge in [-0.3, -0.25) is 4.79 Å². The highest BCUT2D eigenvalue weighted by Gasteiger charge is 2.21. The van der Waals surface area contributed by atoms with Gasteiger partial charge in [-0.25, -0.2) is 9.37 Å². The van der Waals surface area contributed by atoms with Crippen LogP contribution in [-0.4, -0.2) is 34.6 Å². The number of rotatable bonds is 8. The number of nitrogens with one attached hydrogen (secondary N) is 3. The van der Waals surface area contributed by atoms with Crippen molar-refractivity contribution in [1.29, 1.82) is 0 Å². The van der Waals surface area contributed by atoms with Crippen LogP contribution in [0.25, 0.3) is 11.3 Å². The van der Waals surface area contributed by atoms with Crippen LogP contribution in [0.3, 0.4) is 0 Å². The number of H-pyrrole nitrogens is 1. The average Bonchev–Trinajstić information content (AvgIpc) is 3.34. The minimum Gasteiger partial charge on any atom is -0.391 e. The van der Waals surface area contributed by atoms with E-state index in [1.165, 1.54) is 17.4 Å². The van der Waals surface area contributed by atoms with Gasteiger partial charge in [-0.15, -0.1) is 11.3 Å². The normalized spacial score (nSPS) is 12.2. The number of carbonyl (C=O) groups excluding carboxylic acids is 1. The quantitative estimate of drug-likeness (QED) is 0.453. The molecular formula is C21H25FN4O2S. The van der Waals surface area contributed by atoms with Crippen LogP contribution in [0.1, 0.15) is 44.1 Å². The number of hydrogen-bond donors (Lipinski definition) is 4. The molecule has 1 unspecified atom stereocenters. The standard InChI is InChI=1S/C21H25FN4O2S/c1-12-10-14(4-5-15(12)22)16-6-7-17(25-16)20(28)26-18(8-9-23-3)21-24-13(2)19(11-27)29-21/h4-7,10,18,23,25,27H,8-9,11H2,1-3H3,(H,26,28). The molecule has 1 aromatic carbocycles. The topological polar surface area (TPSA) is 90.0 Å². The molecule has 0 fully saturated rings. The lowest BCUT2D eigenvalue weighted by molar-refractivity contribution is 0.0930. The molecule has 0 aliphatic rings. The molecule has 29 heavy (non-hydrogen) atoms. The highest BCUT2D eigenvalue weighted by Crippen LogP contribution is 2.26. The Balaban J connectivity index is 1.78. The zero-order chi connectivity index (χ0) is 21.0. The summed E-state index contributed by atoms with van der Waals surface area (Å²) in [4.78, 5) is 21.3. The van der Waals surface area contributed by atoms with Gasteiger partial charge in [0.1, 0.15) is 16.5 Å². The van der Waals surface area contributed by atoms with Crippen LogP contribution in [0.4, 0.5) is 4.39 Å². The van der Waals surface area contributed by atoms with Crippen molar-refractivity contribution in [1.82, 2.24) is 20.6 Å². The number of aliphatic hydroxyl groups is 1. The van der Waals surface area contributed by atoms with Crippen LogP contribution in [-0.2, 0) is 6.61 Å². The Bertz CT molecular complexity index is 998. The van der Waals surface area contributed by atoms with Crippen molar-refractivity contribution in [3.63, 3.8) is 0 Å². The summed E-state index contributed by atoms with van der Waals surface area (Å²) in [6.45, 7) is 4.21. The first-order chi connectivity index (χ1) is 13.9. The highest BCUT2D eigenvalue weighted by atomic mass is 32.1. The van der Waals surface area contributed by atoms with E-state index < -0.39 is 0 Å². The molecule has 0 bridgehead atoms. The van der Waals surface area contributed by atoms with E-state index in [4.69, 9.17) is 0 Å². The number of amides is 1. The highest BCUT2D eigenvalue weighted by molar-refractivity contribution is 7.11. The summed E-state index contributed by atoms with van der Waals surface area (Å²) in [7, 11) is 1.85. The van der Waals surface area contributed by atoms with Gasteiger partial charge in [0.15, 0.2) is 0 Å². The molecule has 1 atom stereocenters. The number of nitrogens with zero attached hydrogens (tertiary/aromatic N) is 1. The monoisotopic (exact) mass is 416 g/mol. The van der Waals surface area contributed by atoms with Crippen molar-refractivity contribution in [2.45, 2.75) is 32.9 Å². The minimum atomic E-state index is -0.265. The van der Waals surface area contributed by atoms with Gasteiger partial charge in [-0.05, 0) is 75.3 Å². The van der Waals surface area contributed by atoms with Gasteiger partial charge in [0, 0.05) is 5.69 Å². The second-order valence-corrected chi connectivity index (χ2v) is 8.00. The maximum Gasteiger partial charge on any atom is 0.268 e. The molecule has 8 heteroatoms. The summed E-state index contributed by atoms with van der Waals surface area (Å²) in [6.07, 6.45) is 0.671. The van der Waals surface area contributed by atoms with E-state index in [2.05, 4.69) is 20.6 Å². The molecule has 0 saturated heterocycles. The number of halogens is 1. The van der Waals surface area contributed by atoms with Gasteiger partial charge in [-0.2, -0.15) is 0 Å². The predicted octanol–water partition coefficient (Wildman–Crippen LogP) is 3.47. The Labute approximate surface area is 173 Å². The van der Waals surface area contributed by atoms with Crippen molar-refractivity contribution in [2.24, 2.45) is 0 Å². The van der Waals surface area contributed by atoms with Crippen LogP contribution in [0, 0.1) is 19.7 Å². The molecule has 4 N–H and O–H groups in total. The molecule has 1 amide bonds. The van der Waals surface area contributed by atoms with Gasteiger partial charge >= 0.3 is 0 Å². The fourth-order valence-electron chi connectivity index (χ4n) is 3.04. The van der Waals surface area contributed by atoms with E-state index >= 15 is 0 Å². The number of aryl methyl sites for hydroxylation is 2. The average molecular weight is 417 g/mol. The summed E-state index contributed by atoms with van der Waals surface area (Å²) in [5.41, 5.74) is 3.32. The third-order valence-corrected chi connectivity index (χ3v) is 5.99. The molecule has 2 aromatic heterocycles. The second kappa shape index (κ2) is 9.30. The number of aromatic nitrogens is 2. The molecule has 0 spiro atoms. The first kappa shape index (κ1) is 21.2. The fourth-order valence-corrected chi connectivity index (χ4v) is 4.05. The molecule has 6 nitrogen and oxygen atoms in total. The largest absolute Gasteiger partial charge is 0.391 e. The summed E-state index contributed by atoms with van der Waals surface area (Å²) in [5, 5.41) is 16.3. The number of aliphatic hydroxyl groups excluding tert-OH is 1. The second-order valence-electron chi connectivity index (χ2n) is 6.89. The van der Waals surface area contributed by atoms with Gasteiger partial charge < -0.3 is 20.7 Å². The van der Waals surface area contributed by atoms with E-state index in [1.807, 2.05) is 20.0 Å². The Hall–Kier alpha value is -2.55. The lowest BCUT2D eigenvalue weighted by Gasteiger charge is -2.16. The number of benzene rings is 1. The Morgan fingerprint density at radius 1 is 1.31 bits per heavy atom. The summed E-state index contributed by atoms with van der Waals surface area (Å²) in [5.74, 6) is -0.499. The van der Waals surface area contributed by atoms with E-state index in [1.54, 1.807) is 25.1 Å². The van der Waals surface area contributed by atoms with Gasteiger partial charge in [-0.1, -0.05) is 0 Å². The lowest BCUT2D eigenvalue weighted by atomic mass is 10.1. The Morgan fingerprint density at radius 2 is 2.10 bits per heavy atom. The number of carbonyl (C=O) groups is 1. The van der Waals surface area contributed by atoms with E-state index in [-0.39, 0.29) is 24.4 Å². The first-order valence-corrected chi connectivity index (χ1v) is 10.2. The van der Waals surface area contributed by atoms with Crippen molar-refractivity contribution in [3.05, 3.63) is 63.0 Å². The molecule has 2 heterocycles. The predicted molar refractivity (Wildman–Crippen MR) is 112 cm³/mol. The maximum atomic E-state index is 13.5. The summed E-state index contributed by atoms with van der Waals surface area (Å²) in [6, 6.07) is 8.10. The number of hydrogen-bond acceptors (Lipinski definition) is 5. The number of thiazole rings is 1. The van der Waals surface area contributed by atoms with Crippen LogP contribution in [0.15, 0.2) is 30.3 Å². The van der Waals surface area contributed by atoms with E-state index in [0.717, 1.165) is 26.8 Å². The van der Waals surface area contributed by atoms with Crippen LogP contribution < -0.4 is 10.6 Å². The van der Waals surface area contributed by atoms with Crippen molar-refractivity contribution >= 4 is 17.2 Å². The summed E-state index contributed by atoms with van der Waals surface area (Å²) >= 11 is 1.41. The zero-order valence-corrected chi connectivity index (χ0v) is 17.5. The van der Waals surface area contributed by atoms with Crippen molar-refractivity contribution in [2.75, 3.05) is 13.6 Å². The Morgan fingerprint density at radius 3 is 2.76 bits per heavy atom. The lowest BCUT2D eigenvalue weighted by Crippen LogP contribution is -2.30. The van der Waals surface area contributed by atoms with Crippen LogP contribution in [0.5, 0.6) is 0 Å². The third kappa shape index (κ3) is 4.90. The maximum absolute atomic E-state index is 13.5.